The number of amides is 1. The molecule has 0 radical (unpaired) electrons. The van der Waals surface area contributed by atoms with E-state index in [9.17, 15) is 18.0 Å². The van der Waals surface area contributed by atoms with Gasteiger partial charge in [-0.1, -0.05) is 6.58 Å². The van der Waals surface area contributed by atoms with E-state index in [4.69, 9.17) is 4.42 Å². The maximum Gasteiger partial charge on any atom is 0.255 e. The summed E-state index contributed by atoms with van der Waals surface area (Å²) in [5, 5.41) is 2.90. The van der Waals surface area contributed by atoms with Crippen molar-refractivity contribution >= 4 is 16.9 Å². The molecule has 6 heteroatoms. The van der Waals surface area contributed by atoms with Crippen molar-refractivity contribution in [3.8, 4) is 0 Å². The number of rotatable bonds is 2. The molecule has 116 valence electrons. The monoisotopic (exact) mass is 309 g/mol. The maximum absolute atomic E-state index is 13.9. The molecule has 2 aromatic rings. The second-order valence-corrected chi connectivity index (χ2v) is 5.45. The Labute approximate surface area is 124 Å². The molecule has 3 rings (SSSR count). The van der Waals surface area contributed by atoms with E-state index in [1.165, 1.54) is 18.4 Å². The number of carbonyl (C=O) groups is 1. The molecule has 0 aliphatic heterocycles. The summed E-state index contributed by atoms with van der Waals surface area (Å²) >= 11 is 0. The lowest BCUT2D eigenvalue weighted by Crippen LogP contribution is -2.46. The number of hydrogen-bond acceptors (Lipinski definition) is 2. The maximum atomic E-state index is 13.9. The van der Waals surface area contributed by atoms with Gasteiger partial charge in [-0.3, -0.25) is 4.79 Å². The Kier molecular flexibility index (Phi) is 3.68. The van der Waals surface area contributed by atoms with Crippen molar-refractivity contribution in [3.05, 3.63) is 48.0 Å². The number of fused-ring (bicyclic) bond motifs is 1. The van der Waals surface area contributed by atoms with E-state index < -0.39 is 30.1 Å². The van der Waals surface area contributed by atoms with Gasteiger partial charge in [0.1, 0.15) is 30.0 Å². The average Bonchev–Trinajstić information content (AvgIpc) is 2.87. The molecule has 1 heterocycles. The fraction of sp³-hybridized carbons (Fsp3) is 0.312. The van der Waals surface area contributed by atoms with Crippen LogP contribution in [0, 0.1) is 5.82 Å². The van der Waals surface area contributed by atoms with Crippen molar-refractivity contribution in [3.63, 3.8) is 0 Å². The van der Waals surface area contributed by atoms with E-state index >= 15 is 0 Å². The first-order valence-corrected chi connectivity index (χ1v) is 6.89. The third-order valence-electron chi connectivity index (χ3n) is 3.90. The lowest BCUT2D eigenvalue weighted by Gasteiger charge is -2.30. The second kappa shape index (κ2) is 5.51. The van der Waals surface area contributed by atoms with E-state index in [0.717, 1.165) is 6.07 Å². The first kappa shape index (κ1) is 14.7. The van der Waals surface area contributed by atoms with Crippen molar-refractivity contribution in [2.45, 2.75) is 31.2 Å². The Hall–Kier alpha value is -2.24. The summed E-state index contributed by atoms with van der Waals surface area (Å²) in [5.41, 5.74) is 0.603. The third kappa shape index (κ3) is 2.61. The van der Waals surface area contributed by atoms with Crippen LogP contribution in [0.25, 0.3) is 11.0 Å². The van der Waals surface area contributed by atoms with Gasteiger partial charge < -0.3 is 9.73 Å². The molecule has 3 nitrogen and oxygen atoms in total. The molecule has 3 unspecified atom stereocenters. The van der Waals surface area contributed by atoms with E-state index in [1.54, 1.807) is 0 Å². The minimum absolute atomic E-state index is 0.108. The van der Waals surface area contributed by atoms with Crippen LogP contribution in [0.1, 0.15) is 23.2 Å². The van der Waals surface area contributed by atoms with Crippen LogP contribution < -0.4 is 5.32 Å². The minimum atomic E-state index is -1.38. The summed E-state index contributed by atoms with van der Waals surface area (Å²) in [6.07, 6.45) is -1.77. The molecule has 1 aromatic carbocycles. The highest BCUT2D eigenvalue weighted by Gasteiger charge is 2.34. The summed E-state index contributed by atoms with van der Waals surface area (Å²) in [5.74, 6) is -1.05. The first-order valence-electron chi connectivity index (χ1n) is 6.89. The topological polar surface area (TPSA) is 42.2 Å². The number of halogens is 3. The highest BCUT2D eigenvalue weighted by molar-refractivity contribution is 6.06. The van der Waals surface area contributed by atoms with E-state index in [-0.39, 0.29) is 29.6 Å². The molecule has 1 aliphatic carbocycles. The van der Waals surface area contributed by atoms with Crippen molar-refractivity contribution in [2.75, 3.05) is 0 Å². The average molecular weight is 309 g/mol. The zero-order chi connectivity index (χ0) is 15.9. The van der Waals surface area contributed by atoms with Crippen LogP contribution in [0.15, 0.2) is 41.0 Å². The van der Waals surface area contributed by atoms with Crippen LogP contribution in [-0.4, -0.2) is 24.3 Å². The van der Waals surface area contributed by atoms with Gasteiger partial charge in [-0.15, -0.1) is 0 Å². The van der Waals surface area contributed by atoms with Crippen LogP contribution in [-0.2, 0) is 0 Å². The molecular weight excluding hydrogens is 295 g/mol. The molecule has 0 spiro atoms. The SMILES string of the molecule is C=C1CC(F)C(NC(=O)c2coc3cc(F)ccc23)CC1F. The van der Waals surface area contributed by atoms with E-state index in [1.807, 2.05) is 0 Å². The summed E-state index contributed by atoms with van der Waals surface area (Å²) in [7, 11) is 0. The van der Waals surface area contributed by atoms with Crippen molar-refractivity contribution < 1.29 is 22.4 Å². The number of carbonyl (C=O) groups excluding carboxylic acids is 1. The van der Waals surface area contributed by atoms with Gasteiger partial charge >= 0.3 is 0 Å². The van der Waals surface area contributed by atoms with Crippen molar-refractivity contribution in [1.29, 1.82) is 0 Å². The number of benzene rings is 1. The molecular formula is C16H14F3NO2. The zero-order valence-electron chi connectivity index (χ0n) is 11.6. The Morgan fingerprint density at radius 1 is 1.36 bits per heavy atom. The van der Waals surface area contributed by atoms with Gasteiger partial charge in [-0.05, 0) is 17.7 Å². The molecule has 22 heavy (non-hydrogen) atoms. The van der Waals surface area contributed by atoms with Crippen LogP contribution in [0.5, 0.6) is 0 Å². The number of hydrogen-bond donors (Lipinski definition) is 1. The molecule has 1 N–H and O–H groups in total. The van der Waals surface area contributed by atoms with E-state index in [0.29, 0.717) is 5.39 Å². The molecule has 1 saturated carbocycles. The van der Waals surface area contributed by atoms with E-state index in [2.05, 4.69) is 11.9 Å². The quantitative estimate of drug-likeness (QED) is 0.860. The largest absolute Gasteiger partial charge is 0.463 e. The van der Waals surface area contributed by atoms with Gasteiger partial charge in [0.15, 0.2) is 0 Å². The van der Waals surface area contributed by atoms with Gasteiger partial charge in [0.05, 0.1) is 11.6 Å². The van der Waals surface area contributed by atoms with Crippen LogP contribution in [0.4, 0.5) is 13.2 Å². The van der Waals surface area contributed by atoms with Crippen molar-refractivity contribution in [2.24, 2.45) is 0 Å². The van der Waals surface area contributed by atoms with Gasteiger partial charge in [0.25, 0.3) is 5.91 Å². The number of allylic oxidation sites excluding steroid dienone is 1. The number of furan rings is 1. The standard InChI is InChI=1S/C16H14F3NO2/c1-8-4-13(19)14(6-12(8)18)20-16(21)11-7-22-15-5-9(17)2-3-10(11)15/h2-3,5,7,12-14H,1,4,6H2,(H,20,21). The third-order valence-corrected chi connectivity index (χ3v) is 3.90. The predicted octanol–water partition coefficient (Wildman–Crippen LogP) is 3.70. The smallest absolute Gasteiger partial charge is 0.255 e. The lowest BCUT2D eigenvalue weighted by atomic mass is 9.88. The van der Waals surface area contributed by atoms with Gasteiger partial charge in [0, 0.05) is 24.3 Å². The molecule has 0 saturated heterocycles. The first-order chi connectivity index (χ1) is 10.5. The van der Waals surface area contributed by atoms with Gasteiger partial charge in [-0.25, -0.2) is 13.2 Å². The summed E-state index contributed by atoms with van der Waals surface area (Å²) < 4.78 is 45.8. The molecule has 1 amide bonds. The molecule has 1 aliphatic rings. The number of alkyl halides is 2. The molecule has 1 aromatic heterocycles. The highest BCUT2D eigenvalue weighted by atomic mass is 19.1. The van der Waals surface area contributed by atoms with Gasteiger partial charge in [-0.2, -0.15) is 0 Å². The molecule has 1 fully saturated rings. The van der Waals surface area contributed by atoms with Crippen LogP contribution in [0.2, 0.25) is 0 Å². The molecule has 0 bridgehead atoms. The van der Waals surface area contributed by atoms with Crippen molar-refractivity contribution in [1.82, 2.24) is 5.32 Å². The number of nitrogens with one attached hydrogen (secondary N) is 1. The lowest BCUT2D eigenvalue weighted by molar-refractivity contribution is 0.0873. The second-order valence-electron chi connectivity index (χ2n) is 5.45. The van der Waals surface area contributed by atoms with Crippen LogP contribution >= 0.6 is 0 Å². The fourth-order valence-electron chi connectivity index (χ4n) is 2.63. The Balaban J connectivity index is 1.80. The fourth-order valence-corrected chi connectivity index (χ4v) is 2.63. The Morgan fingerprint density at radius 2 is 2.14 bits per heavy atom. The summed E-state index contributed by atoms with van der Waals surface area (Å²) in [6.45, 7) is 3.48. The predicted molar refractivity (Wildman–Crippen MR) is 75.6 cm³/mol. The summed E-state index contributed by atoms with van der Waals surface area (Å²) in [4.78, 5) is 12.2. The van der Waals surface area contributed by atoms with Crippen LogP contribution in [0.3, 0.4) is 0 Å². The summed E-state index contributed by atoms with van der Waals surface area (Å²) in [6, 6.07) is 2.86. The normalized spacial score (nSPS) is 25.4. The Bertz CT molecular complexity index is 740. The molecule has 3 atom stereocenters. The zero-order valence-corrected chi connectivity index (χ0v) is 11.6. The highest BCUT2D eigenvalue weighted by Crippen LogP contribution is 2.29. The Morgan fingerprint density at radius 3 is 2.91 bits per heavy atom. The van der Waals surface area contributed by atoms with Gasteiger partial charge in [0.2, 0.25) is 0 Å². The minimum Gasteiger partial charge on any atom is -0.463 e.